The number of nitrogens with two attached hydrogens (primary N) is 1. The van der Waals surface area contributed by atoms with Gasteiger partial charge in [0.1, 0.15) is 17.7 Å². The first-order valence-electron chi connectivity index (χ1n) is 12.3. The molecule has 0 saturated heterocycles. The summed E-state index contributed by atoms with van der Waals surface area (Å²) in [5.74, 6) is 0.675. The Morgan fingerprint density at radius 1 is 1.03 bits per heavy atom. The molecule has 2 atom stereocenters. The van der Waals surface area contributed by atoms with E-state index < -0.39 is 59.0 Å². The van der Waals surface area contributed by atoms with E-state index in [1.54, 1.807) is 45.0 Å². The van der Waals surface area contributed by atoms with Crippen molar-refractivity contribution in [2.75, 3.05) is 0 Å². The first kappa shape index (κ1) is 31.5. The summed E-state index contributed by atoms with van der Waals surface area (Å²) in [5, 5.41) is 5.43. The number of amides is 4. The molecule has 0 aliphatic heterocycles. The van der Waals surface area contributed by atoms with E-state index >= 15 is 0 Å². The fraction of sp³-hybridized carbons (Fsp3) is 0.571. The average Bonchev–Trinajstić information content (AvgIpc) is 2.73. The van der Waals surface area contributed by atoms with Crippen LogP contribution in [0.5, 0.6) is 0 Å². The summed E-state index contributed by atoms with van der Waals surface area (Å²) in [6.07, 6.45) is 4.62. The molecule has 9 nitrogen and oxygen atoms in total. The highest BCUT2D eigenvalue weighted by atomic mass is 16.6. The lowest BCUT2D eigenvalue weighted by molar-refractivity contribution is -0.150. The van der Waals surface area contributed by atoms with Crippen LogP contribution in [0, 0.1) is 12.3 Å². The summed E-state index contributed by atoms with van der Waals surface area (Å²) in [4.78, 5) is 53.8. The second-order valence-electron chi connectivity index (χ2n) is 11.7. The molecule has 1 aromatic rings. The molecule has 204 valence electrons. The molecule has 0 aliphatic rings. The summed E-state index contributed by atoms with van der Waals surface area (Å²) < 4.78 is 5.30. The summed E-state index contributed by atoms with van der Waals surface area (Å²) in [7, 11) is 0. The van der Waals surface area contributed by atoms with Gasteiger partial charge in [-0.25, -0.2) is 4.79 Å². The van der Waals surface area contributed by atoms with Crippen molar-refractivity contribution in [3.63, 3.8) is 0 Å². The predicted octanol–water partition coefficient (Wildman–Crippen LogP) is 3.41. The van der Waals surface area contributed by atoms with Crippen molar-refractivity contribution in [1.29, 1.82) is 0 Å². The van der Waals surface area contributed by atoms with Crippen LogP contribution in [-0.2, 0) is 19.1 Å². The number of primary amides is 1. The SMILES string of the molecule is C#Cc1ccc(C(C(=O)NC(C)(C)C)N(C(=O)C(CC(N)=O)NC(=O)OC(C)(C)C)C(C)(C)CC)cc1. The van der Waals surface area contributed by atoms with E-state index in [1.807, 2.05) is 41.5 Å². The Hall–Kier alpha value is -3.54. The topological polar surface area (TPSA) is 131 Å². The van der Waals surface area contributed by atoms with Crippen molar-refractivity contribution >= 4 is 23.8 Å². The number of carbonyl (C=O) groups is 4. The third-order valence-corrected chi connectivity index (χ3v) is 5.55. The number of hydrogen-bond donors (Lipinski definition) is 3. The smallest absolute Gasteiger partial charge is 0.408 e. The number of nitrogens with zero attached hydrogens (tertiary/aromatic N) is 1. The highest BCUT2D eigenvalue weighted by molar-refractivity contribution is 5.95. The molecule has 4 amide bonds. The average molecular weight is 515 g/mol. The van der Waals surface area contributed by atoms with E-state index in [-0.39, 0.29) is 0 Å². The molecule has 4 N–H and O–H groups in total. The van der Waals surface area contributed by atoms with Gasteiger partial charge in [-0.15, -0.1) is 6.42 Å². The van der Waals surface area contributed by atoms with Gasteiger partial charge in [0.25, 0.3) is 0 Å². The number of benzene rings is 1. The van der Waals surface area contributed by atoms with E-state index in [4.69, 9.17) is 16.9 Å². The number of rotatable bonds is 9. The second kappa shape index (κ2) is 12.1. The standard InChI is InChI=1S/C28H42N4O5/c1-11-18-13-15-19(16-14-18)22(23(34)31-26(3,4)5)32(28(9,10)12-2)24(35)20(17-21(29)33)30-25(36)37-27(6,7)8/h1,13-16,20,22H,12,17H2,2-10H3,(H2,29,33)(H,30,36)(H,31,34). The van der Waals surface area contributed by atoms with Crippen LogP contribution < -0.4 is 16.4 Å². The molecule has 37 heavy (non-hydrogen) atoms. The Kier molecular flexibility index (Phi) is 10.3. The maximum atomic E-state index is 14.1. The van der Waals surface area contributed by atoms with E-state index in [0.29, 0.717) is 17.5 Å². The largest absolute Gasteiger partial charge is 0.444 e. The first-order chi connectivity index (χ1) is 16.8. The Bertz CT molecular complexity index is 1030. The van der Waals surface area contributed by atoms with Crippen molar-refractivity contribution in [1.82, 2.24) is 15.5 Å². The Morgan fingerprint density at radius 2 is 1.57 bits per heavy atom. The van der Waals surface area contributed by atoms with Gasteiger partial charge in [0.05, 0.1) is 6.42 Å². The molecule has 1 rings (SSSR count). The fourth-order valence-corrected chi connectivity index (χ4v) is 3.58. The van der Waals surface area contributed by atoms with Gasteiger partial charge in [-0.05, 0) is 79.5 Å². The number of ether oxygens (including phenoxy) is 1. The summed E-state index contributed by atoms with van der Waals surface area (Å²) in [6.45, 7) is 16.0. The minimum atomic E-state index is -1.35. The molecule has 0 spiro atoms. The van der Waals surface area contributed by atoms with Gasteiger partial charge >= 0.3 is 6.09 Å². The lowest BCUT2D eigenvalue weighted by atomic mass is 9.91. The van der Waals surface area contributed by atoms with Crippen LogP contribution in [0.15, 0.2) is 24.3 Å². The predicted molar refractivity (Wildman–Crippen MR) is 143 cm³/mol. The highest BCUT2D eigenvalue weighted by Gasteiger charge is 2.44. The molecule has 0 aromatic heterocycles. The van der Waals surface area contributed by atoms with Crippen molar-refractivity contribution in [3.8, 4) is 12.3 Å². The van der Waals surface area contributed by atoms with Crippen LogP contribution in [0.3, 0.4) is 0 Å². The van der Waals surface area contributed by atoms with Gasteiger partial charge in [-0.1, -0.05) is 25.0 Å². The molecule has 0 aliphatic carbocycles. The minimum Gasteiger partial charge on any atom is -0.444 e. The molecular formula is C28H42N4O5. The summed E-state index contributed by atoms with van der Waals surface area (Å²) in [6, 6.07) is 4.32. The quantitative estimate of drug-likeness (QED) is 0.435. The van der Waals surface area contributed by atoms with E-state index in [2.05, 4.69) is 16.6 Å². The van der Waals surface area contributed by atoms with E-state index in [9.17, 15) is 19.2 Å². The number of alkyl carbamates (subject to hydrolysis) is 1. The fourth-order valence-electron chi connectivity index (χ4n) is 3.58. The second-order valence-corrected chi connectivity index (χ2v) is 11.7. The zero-order valence-electron chi connectivity index (χ0n) is 23.5. The molecule has 9 heteroatoms. The third kappa shape index (κ3) is 9.79. The molecular weight excluding hydrogens is 472 g/mol. The number of terminal acetylenes is 1. The van der Waals surface area contributed by atoms with Crippen LogP contribution in [0.1, 0.15) is 92.3 Å². The molecule has 0 fully saturated rings. The van der Waals surface area contributed by atoms with Gasteiger partial charge in [0.15, 0.2) is 0 Å². The molecule has 0 radical (unpaired) electrons. The maximum Gasteiger partial charge on any atom is 0.408 e. The zero-order chi connectivity index (χ0) is 28.8. The number of nitrogens with one attached hydrogen (secondary N) is 2. The van der Waals surface area contributed by atoms with Crippen molar-refractivity contribution in [3.05, 3.63) is 35.4 Å². The van der Waals surface area contributed by atoms with Crippen LogP contribution >= 0.6 is 0 Å². The third-order valence-electron chi connectivity index (χ3n) is 5.55. The molecule has 2 unspecified atom stereocenters. The van der Waals surface area contributed by atoms with E-state index in [0.717, 1.165) is 0 Å². The van der Waals surface area contributed by atoms with Gasteiger partial charge in [-0.3, -0.25) is 14.4 Å². The molecule has 1 aromatic carbocycles. The highest BCUT2D eigenvalue weighted by Crippen LogP contribution is 2.33. The number of hydrogen-bond acceptors (Lipinski definition) is 5. The minimum absolute atomic E-state index is 0.425. The van der Waals surface area contributed by atoms with Crippen LogP contribution in [0.4, 0.5) is 4.79 Å². The Morgan fingerprint density at radius 3 is 1.97 bits per heavy atom. The lowest BCUT2D eigenvalue weighted by Gasteiger charge is -2.45. The maximum absolute atomic E-state index is 14.1. The van der Waals surface area contributed by atoms with Crippen LogP contribution in [0.2, 0.25) is 0 Å². The molecule has 0 saturated carbocycles. The van der Waals surface area contributed by atoms with Crippen molar-refractivity contribution in [2.24, 2.45) is 5.73 Å². The summed E-state index contributed by atoms with van der Waals surface area (Å²) in [5.41, 5.74) is 4.28. The lowest BCUT2D eigenvalue weighted by Crippen LogP contribution is -2.60. The van der Waals surface area contributed by atoms with Gasteiger partial charge in [0, 0.05) is 16.6 Å². The van der Waals surface area contributed by atoms with Crippen LogP contribution in [-0.4, -0.2) is 51.4 Å². The normalized spacial score (nSPS) is 13.5. The van der Waals surface area contributed by atoms with Crippen molar-refractivity contribution in [2.45, 2.75) is 104 Å². The monoisotopic (exact) mass is 514 g/mol. The molecule has 0 heterocycles. The summed E-state index contributed by atoms with van der Waals surface area (Å²) >= 11 is 0. The van der Waals surface area contributed by atoms with Crippen molar-refractivity contribution < 1.29 is 23.9 Å². The van der Waals surface area contributed by atoms with Gasteiger partial charge in [0.2, 0.25) is 17.7 Å². The zero-order valence-corrected chi connectivity index (χ0v) is 23.5. The van der Waals surface area contributed by atoms with Crippen LogP contribution in [0.25, 0.3) is 0 Å². The first-order valence-corrected chi connectivity index (χ1v) is 12.3. The van der Waals surface area contributed by atoms with Gasteiger partial charge in [-0.2, -0.15) is 0 Å². The molecule has 0 bridgehead atoms. The Labute approximate surface area is 220 Å². The Balaban J connectivity index is 3.71. The number of carbonyl (C=O) groups excluding carboxylic acids is 4. The van der Waals surface area contributed by atoms with Gasteiger partial charge < -0.3 is 26.0 Å². The van der Waals surface area contributed by atoms with E-state index in [1.165, 1.54) is 4.90 Å².